The van der Waals surface area contributed by atoms with Crippen molar-refractivity contribution in [1.29, 1.82) is 0 Å². The number of esters is 1. The molecule has 2 rings (SSSR count). The second kappa shape index (κ2) is 5.82. The molecule has 0 saturated heterocycles. The number of rotatable bonds is 4. The predicted molar refractivity (Wildman–Crippen MR) is 79.0 cm³/mol. The van der Waals surface area contributed by atoms with E-state index in [1.54, 1.807) is 18.4 Å². The molecule has 1 aromatic rings. The van der Waals surface area contributed by atoms with Crippen molar-refractivity contribution in [3.8, 4) is 0 Å². The maximum Gasteiger partial charge on any atom is 0.315 e. The topological polar surface area (TPSA) is 48.4 Å². The number of fused-ring (bicyclic) bond motifs is 1. The number of aryl methyl sites for hydroxylation is 1. The summed E-state index contributed by atoms with van der Waals surface area (Å²) in [7, 11) is 1.71. The summed E-state index contributed by atoms with van der Waals surface area (Å²) in [5.41, 5.74) is 0.898. The highest BCUT2D eigenvalue weighted by Crippen LogP contribution is 2.43. The molecule has 4 nitrogen and oxygen atoms in total. The smallest absolute Gasteiger partial charge is 0.315 e. The van der Waals surface area contributed by atoms with Gasteiger partial charge in [-0.05, 0) is 25.2 Å². The Bertz CT molecular complexity index is 490. The molecule has 0 bridgehead atoms. The van der Waals surface area contributed by atoms with E-state index in [0.717, 1.165) is 23.5 Å². The number of methoxy groups -OCH3 is 1. The van der Waals surface area contributed by atoms with Gasteiger partial charge in [-0.3, -0.25) is 4.79 Å². The van der Waals surface area contributed by atoms with Crippen LogP contribution in [0.4, 0.5) is 0 Å². The van der Waals surface area contributed by atoms with Crippen LogP contribution >= 0.6 is 11.3 Å². The van der Waals surface area contributed by atoms with E-state index in [9.17, 15) is 4.79 Å². The third-order valence-electron chi connectivity index (χ3n) is 3.55. The first-order valence-corrected chi connectivity index (χ1v) is 7.89. The molecular formula is C15H23NO3S. The van der Waals surface area contributed by atoms with Crippen LogP contribution in [0.25, 0.3) is 0 Å². The Kier molecular flexibility index (Phi) is 4.49. The van der Waals surface area contributed by atoms with E-state index in [0.29, 0.717) is 6.61 Å². The molecule has 0 spiro atoms. The van der Waals surface area contributed by atoms with E-state index >= 15 is 0 Å². The summed E-state index contributed by atoms with van der Waals surface area (Å²) in [6.07, 6.45) is 1.69. The molecular weight excluding hydrogens is 274 g/mol. The molecule has 20 heavy (non-hydrogen) atoms. The van der Waals surface area contributed by atoms with Gasteiger partial charge in [0.1, 0.15) is 17.0 Å². The molecule has 1 aromatic heterocycles. The van der Waals surface area contributed by atoms with Gasteiger partial charge in [0.25, 0.3) is 0 Å². The van der Waals surface area contributed by atoms with E-state index in [1.807, 2.05) is 6.92 Å². The van der Waals surface area contributed by atoms with Crippen LogP contribution < -0.4 is 0 Å². The van der Waals surface area contributed by atoms with E-state index in [1.165, 1.54) is 4.88 Å². The second-order valence-electron chi connectivity index (χ2n) is 6.19. The quantitative estimate of drug-likeness (QED) is 0.798. The Morgan fingerprint density at radius 3 is 2.75 bits per heavy atom. The van der Waals surface area contributed by atoms with Crippen LogP contribution in [0.3, 0.4) is 0 Å². The van der Waals surface area contributed by atoms with Crippen molar-refractivity contribution in [2.45, 2.75) is 52.6 Å². The standard InChI is InChI=1S/C15H23NO3S/c1-6-19-14(17)9-7-8-10-11(9)16-13(20-10)12(18-5)15(2,3)4/h9,12H,6-8H2,1-5H3. The molecule has 0 aliphatic heterocycles. The van der Waals surface area contributed by atoms with Crippen molar-refractivity contribution in [3.05, 3.63) is 15.6 Å². The van der Waals surface area contributed by atoms with Gasteiger partial charge < -0.3 is 9.47 Å². The lowest BCUT2D eigenvalue weighted by Gasteiger charge is -2.27. The van der Waals surface area contributed by atoms with Gasteiger partial charge in [-0.1, -0.05) is 20.8 Å². The van der Waals surface area contributed by atoms with Crippen LogP contribution in [0, 0.1) is 5.41 Å². The molecule has 2 atom stereocenters. The van der Waals surface area contributed by atoms with Crippen LogP contribution in [0.2, 0.25) is 0 Å². The second-order valence-corrected chi connectivity index (χ2v) is 7.30. The Morgan fingerprint density at radius 2 is 2.20 bits per heavy atom. The van der Waals surface area contributed by atoms with Crippen molar-refractivity contribution in [2.24, 2.45) is 5.41 Å². The van der Waals surface area contributed by atoms with Gasteiger partial charge >= 0.3 is 5.97 Å². The Morgan fingerprint density at radius 1 is 1.50 bits per heavy atom. The van der Waals surface area contributed by atoms with Crippen LogP contribution in [0.5, 0.6) is 0 Å². The molecule has 0 N–H and O–H groups in total. The number of ether oxygens (including phenoxy) is 2. The fraction of sp³-hybridized carbons (Fsp3) is 0.733. The molecule has 2 unspecified atom stereocenters. The summed E-state index contributed by atoms with van der Waals surface area (Å²) < 4.78 is 10.8. The molecule has 0 amide bonds. The Hall–Kier alpha value is -0.940. The number of hydrogen-bond acceptors (Lipinski definition) is 5. The summed E-state index contributed by atoms with van der Waals surface area (Å²) in [6.45, 7) is 8.66. The highest BCUT2D eigenvalue weighted by Gasteiger charge is 2.36. The van der Waals surface area contributed by atoms with E-state index in [2.05, 4.69) is 20.8 Å². The van der Waals surface area contributed by atoms with Crippen LogP contribution in [-0.2, 0) is 20.7 Å². The van der Waals surface area contributed by atoms with Crippen LogP contribution in [-0.4, -0.2) is 24.7 Å². The number of hydrogen-bond donors (Lipinski definition) is 0. The third-order valence-corrected chi connectivity index (χ3v) is 4.73. The van der Waals surface area contributed by atoms with Crippen molar-refractivity contribution < 1.29 is 14.3 Å². The molecule has 1 aliphatic carbocycles. The van der Waals surface area contributed by atoms with Gasteiger partial charge in [-0.2, -0.15) is 0 Å². The lowest BCUT2D eigenvalue weighted by atomic mass is 9.89. The van der Waals surface area contributed by atoms with Gasteiger partial charge in [0.15, 0.2) is 0 Å². The highest BCUT2D eigenvalue weighted by molar-refractivity contribution is 7.11. The average Bonchev–Trinajstić information content (AvgIpc) is 2.87. The van der Waals surface area contributed by atoms with Gasteiger partial charge in [-0.25, -0.2) is 4.98 Å². The number of aromatic nitrogens is 1. The summed E-state index contributed by atoms with van der Waals surface area (Å²) in [5, 5.41) is 0.971. The maximum atomic E-state index is 12.0. The van der Waals surface area contributed by atoms with Gasteiger partial charge in [0.05, 0.1) is 12.3 Å². The molecule has 112 valence electrons. The minimum atomic E-state index is -0.188. The largest absolute Gasteiger partial charge is 0.465 e. The number of thiazole rings is 1. The lowest BCUT2D eigenvalue weighted by molar-refractivity contribution is -0.145. The van der Waals surface area contributed by atoms with Gasteiger partial charge in [-0.15, -0.1) is 11.3 Å². The molecule has 5 heteroatoms. The van der Waals surface area contributed by atoms with E-state index in [-0.39, 0.29) is 23.4 Å². The summed E-state index contributed by atoms with van der Waals surface area (Å²) in [5.74, 6) is -0.333. The third kappa shape index (κ3) is 2.88. The van der Waals surface area contributed by atoms with Crippen LogP contribution in [0.1, 0.15) is 61.7 Å². The minimum Gasteiger partial charge on any atom is -0.465 e. The molecule has 0 radical (unpaired) electrons. The zero-order valence-corrected chi connectivity index (χ0v) is 13.7. The van der Waals surface area contributed by atoms with Crippen molar-refractivity contribution in [1.82, 2.24) is 4.98 Å². The number of carbonyl (C=O) groups excluding carboxylic acids is 1. The number of nitrogens with zero attached hydrogens (tertiary/aromatic N) is 1. The summed E-state index contributed by atoms with van der Waals surface area (Å²) >= 11 is 1.68. The first kappa shape index (κ1) is 15.4. The monoisotopic (exact) mass is 297 g/mol. The van der Waals surface area contributed by atoms with Gasteiger partial charge in [0, 0.05) is 12.0 Å². The SMILES string of the molecule is CCOC(=O)C1CCc2sc(C(OC)C(C)(C)C)nc21. The van der Waals surface area contributed by atoms with Crippen molar-refractivity contribution >= 4 is 17.3 Å². The van der Waals surface area contributed by atoms with Crippen molar-refractivity contribution in [3.63, 3.8) is 0 Å². The Labute approximate surface area is 124 Å². The van der Waals surface area contributed by atoms with E-state index in [4.69, 9.17) is 14.5 Å². The first-order valence-electron chi connectivity index (χ1n) is 7.07. The highest BCUT2D eigenvalue weighted by atomic mass is 32.1. The fourth-order valence-electron chi connectivity index (χ4n) is 2.66. The van der Waals surface area contributed by atoms with Gasteiger partial charge in [0.2, 0.25) is 0 Å². The molecule has 1 heterocycles. The summed E-state index contributed by atoms with van der Waals surface area (Å²) in [6, 6.07) is 0. The fourth-order valence-corrected chi connectivity index (χ4v) is 4.12. The molecule has 0 fully saturated rings. The Balaban J connectivity index is 2.26. The maximum absolute atomic E-state index is 12.0. The zero-order valence-electron chi connectivity index (χ0n) is 12.9. The lowest BCUT2D eigenvalue weighted by Crippen LogP contribution is -2.20. The zero-order chi connectivity index (χ0) is 14.9. The number of carbonyl (C=O) groups is 1. The minimum absolute atomic E-state index is 0.0141. The molecule has 0 aromatic carbocycles. The van der Waals surface area contributed by atoms with E-state index < -0.39 is 0 Å². The van der Waals surface area contributed by atoms with Crippen molar-refractivity contribution in [2.75, 3.05) is 13.7 Å². The summed E-state index contributed by atoms with van der Waals surface area (Å²) in [4.78, 5) is 17.9. The molecule has 1 aliphatic rings. The first-order chi connectivity index (χ1) is 9.38. The molecule has 0 saturated carbocycles. The van der Waals surface area contributed by atoms with Crippen LogP contribution in [0.15, 0.2) is 0 Å². The predicted octanol–water partition coefficient (Wildman–Crippen LogP) is 3.47. The normalized spacial score (nSPS) is 19.8. The average molecular weight is 297 g/mol.